The lowest BCUT2D eigenvalue weighted by molar-refractivity contribution is 0.0227. The number of fused-ring (bicyclic) bond motifs is 2. The van der Waals surface area contributed by atoms with Gasteiger partial charge in [-0.15, -0.1) is 0 Å². The molecular weight excluding hydrogens is 793 g/mol. The Morgan fingerprint density at radius 2 is 1.24 bits per heavy atom. The predicted octanol–water partition coefficient (Wildman–Crippen LogP) is 6.61. The summed E-state index contributed by atoms with van der Waals surface area (Å²) in [6.45, 7) is 12.3. The van der Waals surface area contributed by atoms with Crippen LogP contribution >= 0.6 is 23.2 Å². The molecule has 15 nitrogen and oxygen atoms in total. The molecule has 2 aliphatic heterocycles. The smallest absolute Gasteiger partial charge is 0.170 e. The second-order valence-electron chi connectivity index (χ2n) is 13.9. The molecule has 2 aliphatic rings. The minimum atomic E-state index is -0.458. The molecule has 6 heterocycles. The summed E-state index contributed by atoms with van der Waals surface area (Å²) in [5.74, 6) is 1.44. The largest absolute Gasteiger partial charge is 0.379 e. The van der Waals surface area contributed by atoms with Crippen LogP contribution in [0.25, 0.3) is 11.3 Å². The fourth-order valence-electron chi connectivity index (χ4n) is 6.62. The maximum atomic E-state index is 14.2. The second-order valence-corrected chi connectivity index (χ2v) is 14.7. The highest BCUT2D eigenvalue weighted by atomic mass is 35.5. The van der Waals surface area contributed by atoms with Gasteiger partial charge in [-0.25, -0.2) is 18.7 Å². The molecule has 0 radical (unpaired) electrons. The van der Waals surface area contributed by atoms with E-state index >= 15 is 0 Å². The van der Waals surface area contributed by atoms with Crippen molar-refractivity contribution in [1.82, 2.24) is 39.0 Å². The zero-order chi connectivity index (χ0) is 40.6. The summed E-state index contributed by atoms with van der Waals surface area (Å²) in [7, 11) is 0. The fraction of sp³-hybridized carbons (Fsp3) is 0.359. The zero-order valence-electron chi connectivity index (χ0n) is 32.0. The number of nitrogens with one attached hydrogen (secondary N) is 4. The van der Waals surface area contributed by atoms with Gasteiger partial charge in [-0.3, -0.25) is 14.6 Å². The number of morpholine rings is 2. The van der Waals surface area contributed by atoms with E-state index in [1.165, 1.54) is 42.6 Å². The lowest BCUT2D eigenvalue weighted by Gasteiger charge is -2.32. The molecule has 0 bridgehead atoms. The van der Waals surface area contributed by atoms with Gasteiger partial charge in [-0.1, -0.05) is 23.2 Å². The van der Waals surface area contributed by atoms with Crippen LogP contribution in [0.15, 0.2) is 67.0 Å². The van der Waals surface area contributed by atoms with Gasteiger partial charge < -0.3 is 30.7 Å². The van der Waals surface area contributed by atoms with Crippen LogP contribution < -0.4 is 21.3 Å². The number of rotatable bonds is 13. The third-order valence-corrected chi connectivity index (χ3v) is 10.3. The van der Waals surface area contributed by atoms with Crippen LogP contribution in [0.3, 0.4) is 0 Å². The van der Waals surface area contributed by atoms with Crippen LogP contribution in [0.5, 0.6) is 0 Å². The van der Waals surface area contributed by atoms with E-state index in [1.807, 2.05) is 6.07 Å². The summed E-state index contributed by atoms with van der Waals surface area (Å²) in [5, 5.41) is 22.2. The summed E-state index contributed by atoms with van der Waals surface area (Å²) in [5.41, 5.74) is 1.85. The van der Waals surface area contributed by atoms with Gasteiger partial charge in [-0.05, 0) is 50.2 Å². The van der Waals surface area contributed by atoms with Gasteiger partial charge in [0, 0.05) is 79.6 Å². The molecule has 4 aromatic heterocycles. The molecule has 8 rings (SSSR count). The third kappa shape index (κ3) is 10.1. The van der Waals surface area contributed by atoms with Gasteiger partial charge in [0.05, 0.1) is 55.8 Å². The summed E-state index contributed by atoms with van der Waals surface area (Å²) in [6, 6.07) is 14.5. The van der Waals surface area contributed by atoms with E-state index in [0.717, 1.165) is 65.0 Å². The Labute approximate surface area is 343 Å². The molecule has 4 N–H and O–H groups in total. The van der Waals surface area contributed by atoms with Gasteiger partial charge >= 0.3 is 0 Å². The molecule has 6 aromatic rings. The van der Waals surface area contributed by atoms with E-state index in [-0.39, 0.29) is 17.4 Å². The van der Waals surface area contributed by atoms with Crippen molar-refractivity contribution in [3.63, 3.8) is 0 Å². The molecular formula is C39H44Cl2F2N12O3. The monoisotopic (exact) mass is 836 g/mol. The Hall–Kier alpha value is -5.17. The van der Waals surface area contributed by atoms with E-state index in [2.05, 4.69) is 65.1 Å². The van der Waals surface area contributed by atoms with Crippen molar-refractivity contribution in [1.29, 1.82) is 0 Å². The predicted molar refractivity (Wildman–Crippen MR) is 221 cm³/mol. The number of halogens is 4. The first-order chi connectivity index (χ1) is 28.1. The lowest BCUT2D eigenvalue weighted by atomic mass is 10.2. The van der Waals surface area contributed by atoms with Crippen LogP contribution in [-0.2, 0) is 9.47 Å². The molecule has 2 atom stereocenters. The second kappa shape index (κ2) is 19.1. The Balaban J connectivity index is 0.000000177. The number of ether oxygens (including phenoxy) is 2. The number of aldehydes is 1. The first-order valence-electron chi connectivity index (χ1n) is 18.9. The van der Waals surface area contributed by atoms with E-state index < -0.39 is 11.6 Å². The van der Waals surface area contributed by atoms with Crippen molar-refractivity contribution >= 4 is 75.4 Å². The molecule has 0 saturated carbocycles. The van der Waals surface area contributed by atoms with E-state index in [9.17, 15) is 13.6 Å². The van der Waals surface area contributed by atoms with Gasteiger partial charge in [0.25, 0.3) is 0 Å². The van der Waals surface area contributed by atoms with Crippen molar-refractivity contribution in [2.24, 2.45) is 0 Å². The molecule has 2 unspecified atom stereocenters. The highest BCUT2D eigenvalue weighted by molar-refractivity contribution is 6.31. The molecule has 2 saturated heterocycles. The van der Waals surface area contributed by atoms with Crippen molar-refractivity contribution in [3.05, 3.63) is 94.2 Å². The van der Waals surface area contributed by atoms with E-state index in [4.69, 9.17) is 32.7 Å². The first-order valence-corrected chi connectivity index (χ1v) is 19.6. The molecule has 0 amide bonds. The lowest BCUT2D eigenvalue weighted by Crippen LogP contribution is -2.45. The van der Waals surface area contributed by atoms with Crippen molar-refractivity contribution in [2.45, 2.75) is 25.9 Å². The van der Waals surface area contributed by atoms with Crippen molar-refractivity contribution in [2.75, 3.05) is 87.0 Å². The Bertz CT molecular complexity index is 2330. The minimum absolute atomic E-state index is 0.194. The van der Waals surface area contributed by atoms with Crippen molar-refractivity contribution < 1.29 is 23.0 Å². The number of carbonyl (C=O) groups is 1. The fourth-order valence-corrected chi connectivity index (χ4v) is 6.96. The van der Waals surface area contributed by atoms with Crippen molar-refractivity contribution in [3.8, 4) is 0 Å². The first kappa shape index (κ1) is 41.0. The number of aromatic nitrogens is 6. The average molecular weight is 838 g/mol. The average Bonchev–Trinajstić information content (AvgIpc) is 3.90. The van der Waals surface area contributed by atoms with Crippen LogP contribution in [0.1, 0.15) is 24.2 Å². The Morgan fingerprint density at radius 1 is 0.724 bits per heavy atom. The molecule has 19 heteroatoms. The van der Waals surface area contributed by atoms with Gasteiger partial charge in [-0.2, -0.15) is 19.2 Å². The highest BCUT2D eigenvalue weighted by Gasteiger charge is 2.20. The third-order valence-electron chi connectivity index (χ3n) is 9.86. The highest BCUT2D eigenvalue weighted by Crippen LogP contribution is 2.27. The number of benzene rings is 2. The standard InChI is InChI=1S/C20H22ClFN6O2.C19H22ClFN6O/c1-13(27-4-6-30-7-5-27)10-23-19-9-18(25-17-8-15(21)2-3-16(17)22)26-20-14(12-29)11-24-28(19)20;1-13(26-6-8-28-9-7-26)12-22-19-11-17(25-18-4-5-23-27(18)19)24-16-10-14(20)2-3-15(16)21/h2-3,8-9,11-13,23H,4-7,10H2,1H3,(H,25,26);2-5,10-11,13,22H,6-9,12H2,1H3,(H,24,25). The molecule has 2 aromatic carbocycles. The van der Waals surface area contributed by atoms with Gasteiger partial charge in [0.1, 0.15) is 34.9 Å². The summed E-state index contributed by atoms with van der Waals surface area (Å²) < 4.78 is 42.4. The van der Waals surface area contributed by atoms with E-state index in [0.29, 0.717) is 63.2 Å². The van der Waals surface area contributed by atoms with Crippen LogP contribution in [0, 0.1) is 11.6 Å². The van der Waals surface area contributed by atoms with Gasteiger partial charge in [0.2, 0.25) is 0 Å². The summed E-state index contributed by atoms with van der Waals surface area (Å²) >= 11 is 12.0. The Morgan fingerprint density at radius 3 is 1.78 bits per heavy atom. The molecule has 2 fully saturated rings. The maximum absolute atomic E-state index is 14.2. The SMILES string of the molecule is CC(CNc1cc(Nc2cc(Cl)ccc2F)nc2c(C=O)cnn12)N1CCOCC1.CC(CNc1cc(Nc2cc(Cl)ccc2F)nc2ccnn12)N1CCOCC1. The molecule has 0 spiro atoms. The normalized spacial score (nSPS) is 16.0. The quantitative estimate of drug-likeness (QED) is 0.0926. The zero-order valence-corrected chi connectivity index (χ0v) is 33.5. The van der Waals surface area contributed by atoms with E-state index in [1.54, 1.807) is 27.4 Å². The number of hydrogen-bond acceptors (Lipinski definition) is 13. The molecule has 58 heavy (non-hydrogen) atoms. The van der Waals surface area contributed by atoms with Crippen LogP contribution in [0.2, 0.25) is 10.0 Å². The molecule has 0 aliphatic carbocycles. The topological polar surface area (TPSA) is 151 Å². The summed E-state index contributed by atoms with van der Waals surface area (Å²) in [6.07, 6.45) is 3.83. The number of hydrogen-bond donors (Lipinski definition) is 4. The Kier molecular flexibility index (Phi) is 13.5. The van der Waals surface area contributed by atoms with Crippen LogP contribution in [-0.4, -0.2) is 123 Å². The van der Waals surface area contributed by atoms with Gasteiger partial charge in [0.15, 0.2) is 17.6 Å². The number of carbonyl (C=O) groups excluding carboxylic acids is 1. The summed E-state index contributed by atoms with van der Waals surface area (Å²) in [4.78, 5) is 25.1. The minimum Gasteiger partial charge on any atom is -0.379 e. The maximum Gasteiger partial charge on any atom is 0.170 e. The van der Waals surface area contributed by atoms with Crippen LogP contribution in [0.4, 0.5) is 43.4 Å². The molecule has 306 valence electrons. The number of anilines is 6. The number of nitrogens with zero attached hydrogens (tertiary/aromatic N) is 8.